The molecule has 3 heterocycles. The van der Waals surface area contributed by atoms with Crippen molar-refractivity contribution in [3.63, 3.8) is 0 Å². The third-order valence-electron chi connectivity index (χ3n) is 8.49. The summed E-state index contributed by atoms with van der Waals surface area (Å²) in [4.78, 5) is 40.6. The van der Waals surface area contributed by atoms with Crippen LogP contribution in [0, 0.1) is 5.41 Å². The van der Waals surface area contributed by atoms with E-state index in [2.05, 4.69) is 10.2 Å². The predicted octanol–water partition coefficient (Wildman–Crippen LogP) is 2.54. The molecule has 3 atom stereocenters. The van der Waals surface area contributed by atoms with Crippen LogP contribution >= 0.6 is 0 Å². The molecular weight excluding hydrogens is 446 g/mol. The lowest BCUT2D eigenvalue weighted by molar-refractivity contribution is -0.146. The number of likely N-dealkylation sites (N-methyl/N-ethyl adjacent to an activating group) is 1. The van der Waals surface area contributed by atoms with Crippen LogP contribution in [0.3, 0.4) is 0 Å². The molecule has 3 fully saturated rings. The molecule has 0 bridgehead atoms. The molecule has 1 saturated carbocycles. The van der Waals surface area contributed by atoms with Crippen LogP contribution in [0.1, 0.15) is 67.3 Å². The van der Waals surface area contributed by atoms with E-state index in [0.717, 1.165) is 56.7 Å². The molecular formula is C27H37N3O5. The van der Waals surface area contributed by atoms with Gasteiger partial charge in [-0.15, -0.1) is 0 Å². The molecule has 1 aromatic carbocycles. The average molecular weight is 484 g/mol. The molecule has 0 aromatic heterocycles. The largest absolute Gasteiger partial charge is 0.489 e. The minimum absolute atomic E-state index is 0.146. The van der Waals surface area contributed by atoms with E-state index in [1.54, 1.807) is 11.9 Å². The minimum atomic E-state index is -0.652. The number of hydrogen-bond donors (Lipinski definition) is 1. The van der Waals surface area contributed by atoms with Crippen molar-refractivity contribution in [1.29, 1.82) is 0 Å². The Morgan fingerprint density at radius 3 is 2.71 bits per heavy atom. The maximum absolute atomic E-state index is 13.1. The van der Waals surface area contributed by atoms with Gasteiger partial charge in [-0.1, -0.05) is 6.42 Å². The van der Waals surface area contributed by atoms with Crippen molar-refractivity contribution in [2.75, 3.05) is 33.4 Å². The van der Waals surface area contributed by atoms with Crippen molar-refractivity contribution in [2.24, 2.45) is 5.41 Å². The number of aldehydes is 1. The van der Waals surface area contributed by atoms with E-state index in [-0.39, 0.29) is 24.3 Å². The van der Waals surface area contributed by atoms with E-state index < -0.39 is 6.04 Å². The van der Waals surface area contributed by atoms with Crippen LogP contribution in [0.25, 0.3) is 0 Å². The molecule has 1 aromatic rings. The Labute approximate surface area is 207 Å². The minimum Gasteiger partial charge on any atom is -0.489 e. The number of amides is 2. The second-order valence-electron chi connectivity index (χ2n) is 10.7. The van der Waals surface area contributed by atoms with Gasteiger partial charge in [-0.25, -0.2) is 0 Å². The third-order valence-corrected chi connectivity index (χ3v) is 8.49. The Bertz CT molecular complexity index is 952. The number of nitrogens with zero attached hydrogens (tertiary/aromatic N) is 2. The molecule has 8 nitrogen and oxygen atoms in total. The Balaban J connectivity index is 1.26. The molecule has 1 N–H and O–H groups in total. The summed E-state index contributed by atoms with van der Waals surface area (Å²) in [5.74, 6) is 0.385. The van der Waals surface area contributed by atoms with E-state index in [0.29, 0.717) is 30.0 Å². The quantitative estimate of drug-likeness (QED) is 0.572. The van der Waals surface area contributed by atoms with E-state index in [1.807, 2.05) is 18.2 Å². The summed E-state index contributed by atoms with van der Waals surface area (Å²) in [6, 6.07) is 5.46. The second kappa shape index (κ2) is 10.3. The Hall–Kier alpha value is -2.45. The molecule has 3 unspecified atom stereocenters. The number of likely N-dealkylation sites (tertiary alicyclic amines) is 1. The van der Waals surface area contributed by atoms with Gasteiger partial charge in [0.25, 0.3) is 5.91 Å². The first-order valence-electron chi connectivity index (χ1n) is 13.1. The second-order valence-corrected chi connectivity index (χ2v) is 10.7. The highest BCUT2D eigenvalue weighted by Gasteiger charge is 2.44. The summed E-state index contributed by atoms with van der Waals surface area (Å²) in [7, 11) is 1.55. The summed E-state index contributed by atoms with van der Waals surface area (Å²) in [6.07, 6.45) is 8.54. The van der Waals surface area contributed by atoms with E-state index in [4.69, 9.17) is 9.47 Å². The lowest BCUT2D eigenvalue weighted by Gasteiger charge is -2.50. The van der Waals surface area contributed by atoms with Gasteiger partial charge < -0.3 is 24.5 Å². The lowest BCUT2D eigenvalue weighted by atomic mass is 9.76. The number of piperidine rings is 1. The Morgan fingerprint density at radius 2 is 2.03 bits per heavy atom. The molecule has 4 aliphatic rings. The summed E-state index contributed by atoms with van der Waals surface area (Å²) >= 11 is 0. The van der Waals surface area contributed by atoms with Gasteiger partial charge in [0.1, 0.15) is 24.2 Å². The fourth-order valence-corrected chi connectivity index (χ4v) is 6.28. The normalized spacial score (nSPS) is 26.7. The molecule has 5 rings (SSSR count). The number of carbonyl (C=O) groups is 3. The summed E-state index contributed by atoms with van der Waals surface area (Å²) < 4.78 is 12.1. The summed E-state index contributed by atoms with van der Waals surface area (Å²) in [6.45, 7) is 4.43. The van der Waals surface area contributed by atoms with Crippen LogP contribution in [0.5, 0.6) is 5.75 Å². The average Bonchev–Trinajstić information content (AvgIpc) is 3.19. The number of benzene rings is 1. The number of nitrogens with one attached hydrogen (secondary N) is 1. The molecule has 2 saturated heterocycles. The summed E-state index contributed by atoms with van der Waals surface area (Å²) in [5.41, 5.74) is 1.92. The van der Waals surface area contributed by atoms with Gasteiger partial charge >= 0.3 is 0 Å². The first kappa shape index (κ1) is 24.3. The first-order chi connectivity index (χ1) is 17.0. The molecule has 1 spiro atoms. The van der Waals surface area contributed by atoms with Crippen LogP contribution in [-0.4, -0.2) is 79.4 Å². The number of hydrogen-bond acceptors (Lipinski definition) is 6. The first-order valence-corrected chi connectivity index (χ1v) is 13.1. The Kier molecular flexibility index (Phi) is 7.12. The van der Waals surface area contributed by atoms with Crippen molar-refractivity contribution >= 4 is 18.1 Å². The molecule has 0 radical (unpaired) electrons. The van der Waals surface area contributed by atoms with Gasteiger partial charge in [0.2, 0.25) is 5.91 Å². The zero-order chi connectivity index (χ0) is 24.4. The van der Waals surface area contributed by atoms with Crippen molar-refractivity contribution in [1.82, 2.24) is 15.1 Å². The van der Waals surface area contributed by atoms with Crippen LogP contribution in [-0.2, 0) is 20.9 Å². The van der Waals surface area contributed by atoms with Crippen molar-refractivity contribution < 1.29 is 23.9 Å². The molecule has 1 aliphatic carbocycles. The molecule has 190 valence electrons. The predicted molar refractivity (Wildman–Crippen MR) is 130 cm³/mol. The number of carbonyl (C=O) groups excluding carboxylic acids is 3. The van der Waals surface area contributed by atoms with E-state index in [1.165, 1.54) is 25.7 Å². The monoisotopic (exact) mass is 483 g/mol. The van der Waals surface area contributed by atoms with Gasteiger partial charge in [-0.2, -0.15) is 0 Å². The van der Waals surface area contributed by atoms with Crippen molar-refractivity contribution in [3.05, 3.63) is 29.3 Å². The van der Waals surface area contributed by atoms with E-state index >= 15 is 0 Å². The van der Waals surface area contributed by atoms with Crippen molar-refractivity contribution in [2.45, 2.75) is 76.1 Å². The van der Waals surface area contributed by atoms with Gasteiger partial charge in [-0.05, 0) is 75.4 Å². The summed E-state index contributed by atoms with van der Waals surface area (Å²) in [5, 5.41) is 2.63. The molecule has 35 heavy (non-hydrogen) atoms. The van der Waals surface area contributed by atoms with Gasteiger partial charge in [0.15, 0.2) is 0 Å². The zero-order valence-corrected chi connectivity index (χ0v) is 20.7. The maximum atomic E-state index is 13.1. The fraction of sp³-hybridized carbons (Fsp3) is 0.667. The molecule has 3 aliphatic heterocycles. The van der Waals surface area contributed by atoms with Crippen LogP contribution in [0.4, 0.5) is 0 Å². The van der Waals surface area contributed by atoms with Gasteiger partial charge in [-0.3, -0.25) is 14.5 Å². The van der Waals surface area contributed by atoms with Crippen molar-refractivity contribution in [3.8, 4) is 5.75 Å². The van der Waals surface area contributed by atoms with Crippen LogP contribution in [0.2, 0.25) is 0 Å². The smallest absolute Gasteiger partial charge is 0.255 e. The van der Waals surface area contributed by atoms with Crippen LogP contribution < -0.4 is 10.1 Å². The topological polar surface area (TPSA) is 88.2 Å². The SMILES string of the molecule is CNC(=O)C(CCC=O)N1Cc2cc(OC3CCCCC3N3CCC4(CC3)COC4)ccc2C1=O. The molecule has 8 heteroatoms. The zero-order valence-electron chi connectivity index (χ0n) is 20.7. The van der Waals surface area contributed by atoms with Gasteiger partial charge in [0.05, 0.1) is 13.2 Å². The van der Waals surface area contributed by atoms with E-state index in [9.17, 15) is 14.4 Å². The molecule has 2 amide bonds. The number of rotatable bonds is 8. The maximum Gasteiger partial charge on any atom is 0.255 e. The number of fused-ring (bicyclic) bond motifs is 1. The fourth-order valence-electron chi connectivity index (χ4n) is 6.28. The standard InChI is InChI=1S/C27H37N3O5/c1-28-25(32)23(6-4-14-31)30-16-19-15-20(8-9-21(19)26(30)33)35-24-7-3-2-5-22(24)29-12-10-27(11-13-29)17-34-18-27/h8-9,14-15,22-24H,2-7,10-13,16-18H2,1H3,(H,28,32). The van der Waals surface area contributed by atoms with Gasteiger partial charge in [0, 0.05) is 37.0 Å². The lowest BCUT2D eigenvalue weighted by Crippen LogP contribution is -2.56. The number of ether oxygens (including phenoxy) is 2. The highest BCUT2D eigenvalue weighted by molar-refractivity contribution is 6.01. The third kappa shape index (κ3) is 4.83. The highest BCUT2D eigenvalue weighted by Crippen LogP contribution is 2.40. The van der Waals surface area contributed by atoms with Crippen LogP contribution in [0.15, 0.2) is 18.2 Å². The Morgan fingerprint density at radius 1 is 1.26 bits per heavy atom. The highest BCUT2D eigenvalue weighted by atomic mass is 16.5.